The highest BCUT2D eigenvalue weighted by atomic mass is 35.5. The number of amides is 1. The lowest BCUT2D eigenvalue weighted by Crippen LogP contribution is -2.32. The Morgan fingerprint density at radius 2 is 2.21 bits per heavy atom. The summed E-state index contributed by atoms with van der Waals surface area (Å²) < 4.78 is 1.75. The molecular formula is C13H15ClN4O. The summed E-state index contributed by atoms with van der Waals surface area (Å²) in [4.78, 5) is 11.0. The van der Waals surface area contributed by atoms with Gasteiger partial charge in [0, 0.05) is 16.8 Å². The summed E-state index contributed by atoms with van der Waals surface area (Å²) in [6.45, 7) is 3.62. The average molecular weight is 279 g/mol. The number of nitrogens with two attached hydrogens (primary N) is 1. The standard InChI is InChI=1S/C13H15ClN4O/c1-8-6-12(16-9(2)13(15)19)17-18(8)11-5-3-4-10(14)7-11/h3-7,9H,1-2H3,(H2,15,19)(H,16,17)/t9-/m0/s1. The normalized spacial score (nSPS) is 12.2. The van der Waals surface area contributed by atoms with Gasteiger partial charge < -0.3 is 11.1 Å². The number of anilines is 1. The number of nitrogens with one attached hydrogen (secondary N) is 1. The van der Waals surface area contributed by atoms with E-state index in [-0.39, 0.29) is 0 Å². The van der Waals surface area contributed by atoms with Crippen molar-refractivity contribution < 1.29 is 4.79 Å². The van der Waals surface area contributed by atoms with Crippen molar-refractivity contribution >= 4 is 23.3 Å². The Kier molecular flexibility index (Phi) is 3.76. The molecule has 0 saturated carbocycles. The van der Waals surface area contributed by atoms with Gasteiger partial charge in [-0.1, -0.05) is 17.7 Å². The van der Waals surface area contributed by atoms with Gasteiger partial charge in [-0.05, 0) is 32.0 Å². The second kappa shape index (κ2) is 5.32. The van der Waals surface area contributed by atoms with Gasteiger partial charge >= 0.3 is 0 Å². The minimum Gasteiger partial charge on any atom is -0.368 e. The topological polar surface area (TPSA) is 72.9 Å². The Morgan fingerprint density at radius 1 is 1.47 bits per heavy atom. The van der Waals surface area contributed by atoms with Crippen LogP contribution in [0.5, 0.6) is 0 Å². The highest BCUT2D eigenvalue weighted by molar-refractivity contribution is 6.30. The fraction of sp³-hybridized carbons (Fsp3) is 0.231. The van der Waals surface area contributed by atoms with E-state index in [1.165, 1.54) is 0 Å². The van der Waals surface area contributed by atoms with E-state index >= 15 is 0 Å². The number of benzene rings is 1. The maximum Gasteiger partial charge on any atom is 0.239 e. The van der Waals surface area contributed by atoms with Crippen LogP contribution in [0, 0.1) is 6.92 Å². The van der Waals surface area contributed by atoms with E-state index in [2.05, 4.69) is 10.4 Å². The lowest BCUT2D eigenvalue weighted by atomic mass is 10.3. The summed E-state index contributed by atoms with van der Waals surface area (Å²) in [6.07, 6.45) is 0. The number of rotatable bonds is 4. The summed E-state index contributed by atoms with van der Waals surface area (Å²) in [6, 6.07) is 8.77. The van der Waals surface area contributed by atoms with Gasteiger partial charge in [-0.2, -0.15) is 5.10 Å². The van der Waals surface area contributed by atoms with E-state index in [1.807, 2.05) is 31.2 Å². The Hall–Kier alpha value is -2.01. The first-order chi connectivity index (χ1) is 8.97. The van der Waals surface area contributed by atoms with Crippen LogP contribution in [0.4, 0.5) is 5.82 Å². The van der Waals surface area contributed by atoms with Crippen LogP contribution in [-0.2, 0) is 4.79 Å². The number of hydrogen-bond acceptors (Lipinski definition) is 3. The molecule has 1 heterocycles. The fourth-order valence-electron chi connectivity index (χ4n) is 1.71. The van der Waals surface area contributed by atoms with Gasteiger partial charge in [0.05, 0.1) is 5.69 Å². The van der Waals surface area contributed by atoms with Gasteiger partial charge in [-0.3, -0.25) is 4.79 Å². The molecule has 0 radical (unpaired) electrons. The third-order valence-corrected chi connectivity index (χ3v) is 2.97. The molecule has 1 aromatic carbocycles. The van der Waals surface area contributed by atoms with Gasteiger partial charge in [-0.15, -0.1) is 0 Å². The van der Waals surface area contributed by atoms with Crippen LogP contribution in [0.25, 0.3) is 5.69 Å². The molecule has 1 atom stereocenters. The van der Waals surface area contributed by atoms with E-state index in [9.17, 15) is 4.79 Å². The molecule has 0 aliphatic carbocycles. The van der Waals surface area contributed by atoms with E-state index in [0.717, 1.165) is 11.4 Å². The minimum atomic E-state index is -0.470. The number of aromatic nitrogens is 2. The number of primary amides is 1. The summed E-state index contributed by atoms with van der Waals surface area (Å²) in [5.74, 6) is 0.179. The second-order valence-corrected chi connectivity index (χ2v) is 4.77. The predicted molar refractivity (Wildman–Crippen MR) is 75.6 cm³/mol. The molecule has 1 aromatic heterocycles. The fourth-order valence-corrected chi connectivity index (χ4v) is 1.89. The minimum absolute atomic E-state index is 0.421. The molecule has 0 aliphatic heterocycles. The highest BCUT2D eigenvalue weighted by Crippen LogP contribution is 2.18. The first-order valence-electron chi connectivity index (χ1n) is 5.86. The van der Waals surface area contributed by atoms with E-state index in [0.29, 0.717) is 10.8 Å². The smallest absolute Gasteiger partial charge is 0.239 e. The van der Waals surface area contributed by atoms with Gasteiger partial charge in [0.15, 0.2) is 0 Å². The van der Waals surface area contributed by atoms with Crippen molar-refractivity contribution in [2.75, 3.05) is 5.32 Å². The van der Waals surface area contributed by atoms with Crippen LogP contribution in [0.3, 0.4) is 0 Å². The summed E-state index contributed by atoms with van der Waals surface area (Å²) >= 11 is 5.96. The predicted octanol–water partition coefficient (Wildman–Crippen LogP) is 2.12. The lowest BCUT2D eigenvalue weighted by Gasteiger charge is -2.08. The third kappa shape index (κ3) is 3.06. The summed E-state index contributed by atoms with van der Waals surface area (Å²) in [5, 5.41) is 7.98. The molecule has 0 saturated heterocycles. The largest absolute Gasteiger partial charge is 0.368 e. The van der Waals surface area contributed by atoms with Crippen LogP contribution in [0.1, 0.15) is 12.6 Å². The number of carbonyl (C=O) groups is 1. The Morgan fingerprint density at radius 3 is 2.84 bits per heavy atom. The first-order valence-corrected chi connectivity index (χ1v) is 6.23. The van der Waals surface area contributed by atoms with Gasteiger partial charge in [-0.25, -0.2) is 4.68 Å². The van der Waals surface area contributed by atoms with Crippen molar-refractivity contribution in [2.24, 2.45) is 5.73 Å². The van der Waals surface area contributed by atoms with Crippen molar-refractivity contribution in [3.63, 3.8) is 0 Å². The summed E-state index contributed by atoms with van der Waals surface area (Å²) in [5.41, 5.74) is 7.00. The maximum atomic E-state index is 11.0. The van der Waals surface area contributed by atoms with E-state index in [1.54, 1.807) is 17.7 Å². The van der Waals surface area contributed by atoms with Gasteiger partial charge in [0.1, 0.15) is 11.9 Å². The first kappa shape index (κ1) is 13.4. The van der Waals surface area contributed by atoms with Crippen LogP contribution in [-0.4, -0.2) is 21.7 Å². The monoisotopic (exact) mass is 278 g/mol. The Labute approximate surface area is 116 Å². The number of halogens is 1. The molecule has 3 N–H and O–H groups in total. The SMILES string of the molecule is Cc1cc(N[C@@H](C)C(N)=O)nn1-c1cccc(Cl)c1. The van der Waals surface area contributed by atoms with Crippen molar-refractivity contribution in [3.05, 3.63) is 41.0 Å². The molecule has 6 heteroatoms. The second-order valence-electron chi connectivity index (χ2n) is 4.33. The average Bonchev–Trinajstić information content (AvgIpc) is 2.70. The van der Waals surface area contributed by atoms with Crippen LogP contribution < -0.4 is 11.1 Å². The molecule has 5 nitrogen and oxygen atoms in total. The van der Waals surface area contributed by atoms with Crippen LogP contribution in [0.2, 0.25) is 5.02 Å². The van der Waals surface area contributed by atoms with E-state index < -0.39 is 11.9 Å². The number of hydrogen-bond donors (Lipinski definition) is 2. The molecule has 1 amide bonds. The Balaban J connectivity index is 2.29. The molecule has 0 unspecified atom stereocenters. The molecule has 100 valence electrons. The molecular weight excluding hydrogens is 264 g/mol. The quantitative estimate of drug-likeness (QED) is 0.900. The maximum absolute atomic E-state index is 11.0. The molecule has 0 fully saturated rings. The molecule has 2 rings (SSSR count). The van der Waals surface area contributed by atoms with Crippen molar-refractivity contribution in [3.8, 4) is 5.69 Å². The zero-order valence-corrected chi connectivity index (χ0v) is 11.5. The van der Waals surface area contributed by atoms with Gasteiger partial charge in [0.25, 0.3) is 0 Å². The molecule has 0 spiro atoms. The number of carbonyl (C=O) groups excluding carboxylic acids is 1. The molecule has 2 aromatic rings. The van der Waals surface area contributed by atoms with Crippen LogP contribution in [0.15, 0.2) is 30.3 Å². The van der Waals surface area contributed by atoms with Crippen LogP contribution >= 0.6 is 11.6 Å². The highest BCUT2D eigenvalue weighted by Gasteiger charge is 2.12. The zero-order chi connectivity index (χ0) is 14.0. The zero-order valence-electron chi connectivity index (χ0n) is 10.7. The van der Waals surface area contributed by atoms with Crippen molar-refractivity contribution in [1.82, 2.24) is 9.78 Å². The summed E-state index contributed by atoms with van der Waals surface area (Å²) in [7, 11) is 0. The van der Waals surface area contributed by atoms with Crippen molar-refractivity contribution in [1.29, 1.82) is 0 Å². The third-order valence-electron chi connectivity index (χ3n) is 2.73. The molecule has 0 aliphatic rings. The number of nitrogens with zero attached hydrogens (tertiary/aromatic N) is 2. The molecule has 19 heavy (non-hydrogen) atoms. The van der Waals surface area contributed by atoms with Gasteiger partial charge in [0.2, 0.25) is 5.91 Å². The van der Waals surface area contributed by atoms with E-state index in [4.69, 9.17) is 17.3 Å². The molecule has 0 bridgehead atoms. The Bertz CT molecular complexity index is 608. The number of aryl methyl sites for hydroxylation is 1. The lowest BCUT2D eigenvalue weighted by molar-refractivity contribution is -0.118. The van der Waals surface area contributed by atoms with Crippen molar-refractivity contribution in [2.45, 2.75) is 19.9 Å².